The Morgan fingerprint density at radius 1 is 1.09 bits per heavy atom. The predicted octanol–water partition coefficient (Wildman–Crippen LogP) is 4.13. The van der Waals surface area contributed by atoms with Gasteiger partial charge in [-0.15, -0.1) is 0 Å². The highest BCUT2D eigenvalue weighted by molar-refractivity contribution is 6.07. The molecule has 0 bridgehead atoms. The van der Waals surface area contributed by atoms with Gasteiger partial charge in [-0.1, -0.05) is 6.92 Å². The highest BCUT2D eigenvalue weighted by Gasteiger charge is 2.29. The molecular weight excluding hydrogens is 437 g/mol. The van der Waals surface area contributed by atoms with Crippen LogP contribution in [-0.4, -0.2) is 46.2 Å². The quantitative estimate of drug-likeness (QED) is 0.552. The Morgan fingerprint density at radius 3 is 2.62 bits per heavy atom. The lowest BCUT2D eigenvalue weighted by Gasteiger charge is -2.38. The first-order chi connectivity index (χ1) is 16.5. The molecule has 1 aromatic heterocycles. The Morgan fingerprint density at radius 2 is 1.88 bits per heavy atom. The Hall–Kier alpha value is -4.14. The number of amidine groups is 1. The summed E-state index contributed by atoms with van der Waals surface area (Å²) in [6.45, 7) is 4.67. The molecule has 1 amide bonds. The number of benzene rings is 2. The summed E-state index contributed by atoms with van der Waals surface area (Å²) >= 11 is 0. The number of fused-ring (bicyclic) bond motifs is 1. The van der Waals surface area contributed by atoms with Crippen molar-refractivity contribution in [2.24, 2.45) is 4.99 Å². The van der Waals surface area contributed by atoms with Crippen molar-refractivity contribution < 1.29 is 18.7 Å². The summed E-state index contributed by atoms with van der Waals surface area (Å²) in [4.78, 5) is 21.5. The smallest absolute Gasteiger partial charge is 0.267 e. The third kappa shape index (κ3) is 4.00. The van der Waals surface area contributed by atoms with E-state index in [2.05, 4.69) is 9.98 Å². The molecular formula is C25H24FN5O3. The van der Waals surface area contributed by atoms with Crippen molar-refractivity contribution in [1.82, 2.24) is 14.6 Å². The van der Waals surface area contributed by atoms with Gasteiger partial charge in [0, 0.05) is 18.3 Å². The number of imidazole rings is 1. The van der Waals surface area contributed by atoms with Crippen molar-refractivity contribution in [3.63, 3.8) is 0 Å². The molecule has 0 radical (unpaired) electrons. The number of hydrogen-bond donors (Lipinski definition) is 0. The van der Waals surface area contributed by atoms with Crippen LogP contribution < -0.4 is 14.5 Å². The second-order valence-corrected chi connectivity index (χ2v) is 7.97. The number of halogens is 1. The molecule has 3 aromatic rings. The highest BCUT2D eigenvalue weighted by atomic mass is 19.1. The fourth-order valence-electron chi connectivity index (χ4n) is 4.02. The van der Waals surface area contributed by atoms with Crippen LogP contribution in [0.15, 0.2) is 60.0 Å². The molecule has 34 heavy (non-hydrogen) atoms. The first kappa shape index (κ1) is 21.7. The van der Waals surface area contributed by atoms with E-state index in [0.717, 1.165) is 23.4 Å². The van der Waals surface area contributed by atoms with Gasteiger partial charge in [0.15, 0.2) is 11.5 Å². The molecule has 9 heteroatoms. The molecule has 5 rings (SSSR count). The number of hydrogen-bond acceptors (Lipinski definition) is 6. The average Bonchev–Trinajstić information content (AvgIpc) is 3.49. The maximum absolute atomic E-state index is 13.4. The summed E-state index contributed by atoms with van der Waals surface area (Å²) in [5, 5.41) is 3.37. The summed E-state index contributed by atoms with van der Waals surface area (Å²) in [6, 6.07) is 9.78. The maximum Gasteiger partial charge on any atom is 0.267 e. The fraction of sp³-hybridized carbons (Fsp3) is 0.240. The van der Waals surface area contributed by atoms with Gasteiger partial charge in [0.05, 0.1) is 23.4 Å². The van der Waals surface area contributed by atoms with Gasteiger partial charge in [0.2, 0.25) is 6.79 Å². The van der Waals surface area contributed by atoms with Crippen LogP contribution in [0.3, 0.4) is 0 Å². The monoisotopic (exact) mass is 461 g/mol. The number of carbonyl (C=O) groups is 1. The minimum absolute atomic E-state index is 0.00784. The lowest BCUT2D eigenvalue weighted by molar-refractivity contribution is -0.119. The molecule has 0 fully saturated rings. The zero-order chi connectivity index (χ0) is 23.7. The first-order valence-electron chi connectivity index (χ1n) is 11.1. The predicted molar refractivity (Wildman–Crippen MR) is 127 cm³/mol. The number of aliphatic imine (C=N–C) groups is 1. The van der Waals surface area contributed by atoms with Crippen molar-refractivity contribution in [2.75, 3.05) is 24.9 Å². The minimum atomic E-state index is -0.352. The molecule has 2 aliphatic rings. The van der Waals surface area contributed by atoms with Crippen LogP contribution in [0.4, 0.5) is 10.1 Å². The van der Waals surface area contributed by atoms with Gasteiger partial charge in [0.1, 0.15) is 18.2 Å². The Labute approximate surface area is 196 Å². The van der Waals surface area contributed by atoms with Crippen LogP contribution >= 0.6 is 0 Å². The number of aromatic nitrogens is 2. The van der Waals surface area contributed by atoms with Gasteiger partial charge >= 0.3 is 0 Å². The number of amides is 1. The fourth-order valence-corrected chi connectivity index (χ4v) is 4.02. The zero-order valence-corrected chi connectivity index (χ0v) is 18.9. The number of ether oxygens (including phenoxy) is 2. The zero-order valence-electron chi connectivity index (χ0n) is 18.9. The van der Waals surface area contributed by atoms with Crippen molar-refractivity contribution >= 4 is 23.5 Å². The Bertz CT molecular complexity index is 1280. The van der Waals surface area contributed by atoms with Gasteiger partial charge < -0.3 is 14.0 Å². The molecule has 0 atom stereocenters. The van der Waals surface area contributed by atoms with Gasteiger partial charge in [-0.25, -0.2) is 14.4 Å². The topological polar surface area (TPSA) is 72.2 Å². The molecule has 8 nitrogen and oxygen atoms in total. The summed E-state index contributed by atoms with van der Waals surface area (Å²) < 4.78 is 26.9. The second kappa shape index (κ2) is 9.01. The molecule has 0 unspecified atom stereocenters. The minimum Gasteiger partial charge on any atom is -0.453 e. The normalized spacial score (nSPS) is 15.4. The second-order valence-electron chi connectivity index (χ2n) is 7.97. The summed E-state index contributed by atoms with van der Waals surface area (Å²) in [6.07, 6.45) is 8.21. The molecule has 174 valence electrons. The molecule has 2 aliphatic heterocycles. The lowest BCUT2D eigenvalue weighted by Crippen LogP contribution is -2.54. The number of anilines is 1. The van der Waals surface area contributed by atoms with Crippen molar-refractivity contribution in [3.8, 4) is 17.2 Å². The van der Waals surface area contributed by atoms with E-state index in [9.17, 15) is 9.18 Å². The third-order valence-corrected chi connectivity index (χ3v) is 5.56. The van der Waals surface area contributed by atoms with E-state index >= 15 is 0 Å². The standard InChI is InChI=1S/C25H24FN5O3/c1-3-12-30-22(27-13-23(32)31(30)20-8-6-19(26)7-9-20)11-5-18-4-10-21(25-24(18)33-16-34-25)29-14-17(2)28-15-29/h4-11,14-15H,3,12-13,16H2,1-2H3. The average molecular weight is 461 g/mol. The lowest BCUT2D eigenvalue weighted by atomic mass is 10.1. The van der Waals surface area contributed by atoms with E-state index in [0.29, 0.717) is 29.6 Å². The Balaban J connectivity index is 1.47. The summed E-state index contributed by atoms with van der Waals surface area (Å²) in [7, 11) is 0. The number of carbonyl (C=O) groups excluding carboxylic acids is 1. The number of hydrazine groups is 1. The SMILES string of the molecule is CCCN1C(C=Cc2ccc(-n3cnc(C)c3)c3c2OCO3)=NCC(=O)N1c1ccc(F)cc1. The van der Waals surface area contributed by atoms with E-state index < -0.39 is 0 Å². The molecule has 3 heterocycles. The van der Waals surface area contributed by atoms with Gasteiger partial charge in [-0.2, -0.15) is 0 Å². The van der Waals surface area contributed by atoms with Crippen LogP contribution in [0, 0.1) is 12.7 Å². The van der Waals surface area contributed by atoms with E-state index in [1.54, 1.807) is 23.5 Å². The van der Waals surface area contributed by atoms with Crippen LogP contribution in [0.25, 0.3) is 11.8 Å². The maximum atomic E-state index is 13.4. The van der Waals surface area contributed by atoms with E-state index in [1.165, 1.54) is 12.1 Å². The molecule has 0 aliphatic carbocycles. The highest BCUT2D eigenvalue weighted by Crippen LogP contribution is 2.41. The van der Waals surface area contributed by atoms with Crippen LogP contribution in [0.2, 0.25) is 0 Å². The van der Waals surface area contributed by atoms with Crippen LogP contribution in [-0.2, 0) is 4.79 Å². The number of rotatable bonds is 6. The molecule has 0 saturated carbocycles. The van der Waals surface area contributed by atoms with Gasteiger partial charge in [-0.05, 0) is 61.9 Å². The van der Waals surface area contributed by atoms with Crippen molar-refractivity contribution in [2.45, 2.75) is 20.3 Å². The first-order valence-corrected chi connectivity index (χ1v) is 11.1. The van der Waals surface area contributed by atoms with E-state index in [1.807, 2.05) is 53.9 Å². The third-order valence-electron chi connectivity index (χ3n) is 5.56. The van der Waals surface area contributed by atoms with Crippen LogP contribution in [0.5, 0.6) is 11.5 Å². The molecule has 0 saturated heterocycles. The number of nitrogens with zero attached hydrogens (tertiary/aromatic N) is 5. The van der Waals surface area contributed by atoms with E-state index in [-0.39, 0.29) is 25.1 Å². The molecule has 2 aromatic carbocycles. The van der Waals surface area contributed by atoms with Gasteiger partial charge in [-0.3, -0.25) is 14.8 Å². The van der Waals surface area contributed by atoms with Crippen molar-refractivity contribution in [1.29, 1.82) is 0 Å². The van der Waals surface area contributed by atoms with Crippen LogP contribution in [0.1, 0.15) is 24.6 Å². The summed E-state index contributed by atoms with van der Waals surface area (Å²) in [5.74, 6) is 1.40. The van der Waals surface area contributed by atoms with Crippen molar-refractivity contribution in [3.05, 3.63) is 72.1 Å². The van der Waals surface area contributed by atoms with Gasteiger partial charge in [0.25, 0.3) is 5.91 Å². The molecule has 0 spiro atoms. The van der Waals surface area contributed by atoms with E-state index in [4.69, 9.17) is 9.47 Å². The Kier molecular flexibility index (Phi) is 5.75. The number of aryl methyl sites for hydroxylation is 1. The largest absolute Gasteiger partial charge is 0.453 e. The molecule has 0 N–H and O–H groups in total. The summed E-state index contributed by atoms with van der Waals surface area (Å²) in [5.41, 5.74) is 3.18.